The molecule has 0 saturated heterocycles. The molecule has 0 fully saturated rings. The van der Waals surface area contributed by atoms with Gasteiger partial charge in [0.2, 0.25) is 0 Å². The minimum absolute atomic E-state index is 0.0339. The maximum atomic E-state index is 10.9. The molecule has 0 atom stereocenters. The Hall–Kier alpha value is -1.82. The van der Waals surface area contributed by atoms with Crippen LogP contribution in [0.5, 0.6) is 0 Å². The lowest BCUT2D eigenvalue weighted by Crippen LogP contribution is -2.03. The molecule has 6 heteroatoms. The highest BCUT2D eigenvalue weighted by atomic mass is 32.2. The van der Waals surface area contributed by atoms with Crippen molar-refractivity contribution >= 4 is 17.7 Å². The highest BCUT2D eigenvalue weighted by molar-refractivity contribution is 7.98. The first kappa shape index (κ1) is 11.7. The fourth-order valence-electron chi connectivity index (χ4n) is 1.30. The summed E-state index contributed by atoms with van der Waals surface area (Å²) in [5.74, 6) is 0.422. The molecule has 0 spiro atoms. The number of carbonyl (C=O) groups is 1. The summed E-state index contributed by atoms with van der Waals surface area (Å²) in [4.78, 5) is 19.1. The van der Waals surface area contributed by atoms with Crippen molar-refractivity contribution in [3.8, 4) is 11.6 Å². The fraction of sp³-hybridized carbons (Fsp3) is 0.182. The minimum atomic E-state index is -1.08. The van der Waals surface area contributed by atoms with E-state index in [4.69, 9.17) is 9.52 Å². The molecule has 2 aromatic rings. The number of rotatable bonds is 3. The van der Waals surface area contributed by atoms with E-state index in [2.05, 4.69) is 9.97 Å². The van der Waals surface area contributed by atoms with Crippen LogP contribution < -0.4 is 0 Å². The molecular formula is C11H10N2O3S. The van der Waals surface area contributed by atoms with Crippen LogP contribution in [-0.2, 0) is 0 Å². The molecule has 88 valence electrons. The zero-order valence-corrected chi connectivity index (χ0v) is 10.1. The van der Waals surface area contributed by atoms with Gasteiger partial charge in [0, 0.05) is 6.07 Å². The SMILES string of the molecule is CSc1cc(C(=O)O)nc(-c2ccc(C)o2)n1. The van der Waals surface area contributed by atoms with Gasteiger partial charge in [0.1, 0.15) is 10.8 Å². The van der Waals surface area contributed by atoms with Crippen molar-refractivity contribution in [2.45, 2.75) is 11.9 Å². The van der Waals surface area contributed by atoms with E-state index in [1.54, 1.807) is 19.1 Å². The molecule has 2 rings (SSSR count). The summed E-state index contributed by atoms with van der Waals surface area (Å²) in [5, 5.41) is 9.55. The maximum absolute atomic E-state index is 10.9. The lowest BCUT2D eigenvalue weighted by Gasteiger charge is -2.01. The number of aromatic carboxylic acids is 1. The smallest absolute Gasteiger partial charge is 0.354 e. The van der Waals surface area contributed by atoms with E-state index in [0.717, 1.165) is 5.76 Å². The van der Waals surface area contributed by atoms with Crippen LogP contribution in [0, 0.1) is 6.92 Å². The number of hydrogen-bond donors (Lipinski definition) is 1. The van der Waals surface area contributed by atoms with Gasteiger partial charge in [-0.1, -0.05) is 0 Å². The molecule has 0 aliphatic carbocycles. The Kier molecular flexibility index (Phi) is 3.14. The van der Waals surface area contributed by atoms with E-state index < -0.39 is 5.97 Å². The van der Waals surface area contributed by atoms with Crippen molar-refractivity contribution in [1.29, 1.82) is 0 Å². The van der Waals surface area contributed by atoms with E-state index in [1.165, 1.54) is 17.8 Å². The lowest BCUT2D eigenvalue weighted by atomic mass is 10.3. The topological polar surface area (TPSA) is 76.2 Å². The first-order valence-corrected chi connectivity index (χ1v) is 6.06. The van der Waals surface area contributed by atoms with Crippen LogP contribution in [0.2, 0.25) is 0 Å². The van der Waals surface area contributed by atoms with Gasteiger partial charge in [0.05, 0.1) is 0 Å². The van der Waals surface area contributed by atoms with E-state index in [1.807, 2.05) is 6.26 Å². The average Bonchev–Trinajstić information content (AvgIpc) is 2.75. The van der Waals surface area contributed by atoms with Crippen molar-refractivity contribution in [3.05, 3.63) is 29.7 Å². The molecule has 1 N–H and O–H groups in total. The zero-order valence-electron chi connectivity index (χ0n) is 9.30. The minimum Gasteiger partial charge on any atom is -0.477 e. The fourth-order valence-corrected chi connectivity index (χ4v) is 1.71. The quantitative estimate of drug-likeness (QED) is 0.666. The Morgan fingerprint density at radius 2 is 2.18 bits per heavy atom. The molecule has 0 unspecified atom stereocenters. The summed E-state index contributed by atoms with van der Waals surface area (Å²) in [7, 11) is 0. The zero-order chi connectivity index (χ0) is 12.4. The molecule has 5 nitrogen and oxygen atoms in total. The molecule has 0 aliphatic heterocycles. The highest BCUT2D eigenvalue weighted by Gasteiger charge is 2.13. The third-order valence-electron chi connectivity index (χ3n) is 2.09. The number of aryl methyl sites for hydroxylation is 1. The molecule has 0 aromatic carbocycles. The molecule has 2 heterocycles. The number of carboxylic acid groups (broad SMARTS) is 1. The van der Waals surface area contributed by atoms with Gasteiger partial charge in [-0.25, -0.2) is 14.8 Å². The summed E-state index contributed by atoms with van der Waals surface area (Å²) < 4.78 is 5.38. The number of hydrogen-bond acceptors (Lipinski definition) is 5. The summed E-state index contributed by atoms with van der Waals surface area (Å²) in [6, 6.07) is 4.94. The summed E-state index contributed by atoms with van der Waals surface area (Å²) >= 11 is 1.36. The Labute approximate surface area is 102 Å². The monoisotopic (exact) mass is 250 g/mol. The van der Waals surface area contributed by atoms with Crippen molar-refractivity contribution in [3.63, 3.8) is 0 Å². The predicted molar refractivity (Wildman–Crippen MR) is 63.2 cm³/mol. The Morgan fingerprint density at radius 3 is 2.71 bits per heavy atom. The predicted octanol–water partition coefficient (Wildman–Crippen LogP) is 2.47. The number of carboxylic acids is 1. The standard InChI is InChI=1S/C11H10N2O3S/c1-6-3-4-8(16-6)10-12-7(11(14)15)5-9(13-10)17-2/h3-5H,1-2H3,(H,14,15). The van der Waals surface area contributed by atoms with Gasteiger partial charge in [0.15, 0.2) is 17.3 Å². The van der Waals surface area contributed by atoms with Gasteiger partial charge in [-0.2, -0.15) is 0 Å². The second-order valence-electron chi connectivity index (χ2n) is 3.33. The molecule has 0 radical (unpaired) electrons. The average molecular weight is 250 g/mol. The number of nitrogens with zero attached hydrogens (tertiary/aromatic N) is 2. The second kappa shape index (κ2) is 4.58. The van der Waals surface area contributed by atoms with Crippen LogP contribution in [0.25, 0.3) is 11.6 Å². The van der Waals surface area contributed by atoms with Crippen LogP contribution in [0.15, 0.2) is 27.6 Å². The molecule has 0 amide bonds. The molecule has 0 saturated carbocycles. The molecular weight excluding hydrogens is 240 g/mol. The van der Waals surface area contributed by atoms with E-state index >= 15 is 0 Å². The number of aromatic nitrogens is 2. The number of thioether (sulfide) groups is 1. The molecule has 17 heavy (non-hydrogen) atoms. The van der Waals surface area contributed by atoms with Crippen molar-refractivity contribution in [2.24, 2.45) is 0 Å². The van der Waals surface area contributed by atoms with Crippen molar-refractivity contribution in [2.75, 3.05) is 6.26 Å². The van der Waals surface area contributed by atoms with Gasteiger partial charge in [0.25, 0.3) is 0 Å². The van der Waals surface area contributed by atoms with Crippen LogP contribution in [-0.4, -0.2) is 27.3 Å². The first-order chi connectivity index (χ1) is 8.10. The summed E-state index contributed by atoms with van der Waals surface area (Å²) in [5.41, 5.74) is -0.0339. The Bertz CT molecular complexity index is 566. The van der Waals surface area contributed by atoms with Crippen LogP contribution in [0.3, 0.4) is 0 Å². The van der Waals surface area contributed by atoms with E-state index in [9.17, 15) is 4.79 Å². The van der Waals surface area contributed by atoms with Crippen molar-refractivity contribution < 1.29 is 14.3 Å². The van der Waals surface area contributed by atoms with Gasteiger partial charge in [-0.05, 0) is 25.3 Å². The van der Waals surface area contributed by atoms with Crippen LogP contribution in [0.4, 0.5) is 0 Å². The molecule has 0 bridgehead atoms. The Morgan fingerprint density at radius 1 is 1.41 bits per heavy atom. The van der Waals surface area contributed by atoms with Gasteiger partial charge in [-0.15, -0.1) is 11.8 Å². The normalized spacial score (nSPS) is 10.5. The summed E-state index contributed by atoms with van der Waals surface area (Å²) in [6.07, 6.45) is 1.82. The largest absolute Gasteiger partial charge is 0.477 e. The third kappa shape index (κ3) is 2.47. The highest BCUT2D eigenvalue weighted by Crippen LogP contribution is 2.21. The summed E-state index contributed by atoms with van der Waals surface area (Å²) in [6.45, 7) is 1.81. The molecule has 2 aromatic heterocycles. The van der Waals surface area contributed by atoms with Crippen molar-refractivity contribution in [1.82, 2.24) is 9.97 Å². The second-order valence-corrected chi connectivity index (χ2v) is 4.16. The number of furan rings is 1. The maximum Gasteiger partial charge on any atom is 0.354 e. The van der Waals surface area contributed by atoms with Crippen LogP contribution >= 0.6 is 11.8 Å². The van der Waals surface area contributed by atoms with Gasteiger partial charge < -0.3 is 9.52 Å². The van der Waals surface area contributed by atoms with Gasteiger partial charge in [-0.3, -0.25) is 0 Å². The molecule has 0 aliphatic rings. The third-order valence-corrected chi connectivity index (χ3v) is 2.72. The first-order valence-electron chi connectivity index (χ1n) is 4.83. The lowest BCUT2D eigenvalue weighted by molar-refractivity contribution is 0.0690. The van der Waals surface area contributed by atoms with Gasteiger partial charge >= 0.3 is 5.97 Å². The van der Waals surface area contributed by atoms with E-state index in [-0.39, 0.29) is 5.69 Å². The van der Waals surface area contributed by atoms with Crippen LogP contribution in [0.1, 0.15) is 16.2 Å². The van der Waals surface area contributed by atoms with E-state index in [0.29, 0.717) is 16.6 Å². The Balaban J connectivity index is 2.53.